The molecule has 148 valence electrons. The fourth-order valence-corrected chi connectivity index (χ4v) is 3.77. The van der Waals surface area contributed by atoms with Gasteiger partial charge in [0, 0.05) is 6.54 Å². The van der Waals surface area contributed by atoms with Gasteiger partial charge in [-0.25, -0.2) is 13.1 Å². The van der Waals surface area contributed by atoms with Crippen LogP contribution in [0.2, 0.25) is 10.0 Å². The summed E-state index contributed by atoms with van der Waals surface area (Å²) < 4.78 is 68.0. The Morgan fingerprint density at radius 3 is 2.22 bits per heavy atom. The molecule has 27 heavy (non-hydrogen) atoms. The maximum atomic E-state index is 12.6. The Morgan fingerprint density at radius 1 is 1.07 bits per heavy atom. The Morgan fingerprint density at radius 2 is 1.70 bits per heavy atom. The topological polar surface area (TPSA) is 67.4 Å². The summed E-state index contributed by atoms with van der Waals surface area (Å²) in [6, 6.07) is 7.92. The van der Waals surface area contributed by atoms with Crippen LogP contribution in [0.15, 0.2) is 47.4 Å². The molecular formula is C16H15Cl2F3N2O3S. The van der Waals surface area contributed by atoms with Gasteiger partial charge in [0.2, 0.25) is 10.0 Å². The largest absolute Gasteiger partial charge is 0.573 e. The summed E-state index contributed by atoms with van der Waals surface area (Å²) in [7, 11) is -2.38. The zero-order valence-corrected chi connectivity index (χ0v) is 16.2. The van der Waals surface area contributed by atoms with Gasteiger partial charge in [0.1, 0.15) is 5.75 Å². The number of likely N-dealkylation sites (N-methyl/N-ethyl adjacent to an activating group) is 1. The van der Waals surface area contributed by atoms with Crippen LogP contribution in [0.1, 0.15) is 11.6 Å². The lowest BCUT2D eigenvalue weighted by Gasteiger charge is -2.19. The van der Waals surface area contributed by atoms with Crippen molar-refractivity contribution < 1.29 is 26.3 Å². The predicted molar refractivity (Wildman–Crippen MR) is 96.6 cm³/mol. The van der Waals surface area contributed by atoms with E-state index < -0.39 is 28.2 Å². The van der Waals surface area contributed by atoms with Crippen LogP contribution in [-0.2, 0) is 10.0 Å². The molecule has 11 heteroatoms. The maximum Gasteiger partial charge on any atom is 0.573 e. The lowest BCUT2D eigenvalue weighted by Crippen LogP contribution is -2.34. The molecule has 0 spiro atoms. The number of hydrogen-bond acceptors (Lipinski definition) is 4. The van der Waals surface area contributed by atoms with Gasteiger partial charge in [0.15, 0.2) is 0 Å². The van der Waals surface area contributed by atoms with E-state index in [1.165, 1.54) is 6.07 Å². The third-order valence-corrected chi connectivity index (χ3v) is 5.65. The van der Waals surface area contributed by atoms with Crippen LogP contribution in [0.3, 0.4) is 0 Å². The number of nitrogens with one attached hydrogen (secondary N) is 2. The number of alkyl halides is 3. The zero-order chi connectivity index (χ0) is 20.2. The molecular weight excluding hydrogens is 428 g/mol. The highest BCUT2D eigenvalue weighted by Gasteiger charge is 2.31. The van der Waals surface area contributed by atoms with Gasteiger partial charge < -0.3 is 10.1 Å². The lowest BCUT2D eigenvalue weighted by atomic mass is 10.1. The van der Waals surface area contributed by atoms with E-state index in [2.05, 4.69) is 14.8 Å². The molecule has 1 atom stereocenters. The van der Waals surface area contributed by atoms with Gasteiger partial charge in [0.25, 0.3) is 0 Å². The van der Waals surface area contributed by atoms with E-state index >= 15 is 0 Å². The fourth-order valence-electron chi connectivity index (χ4n) is 2.24. The molecule has 2 aromatic carbocycles. The van der Waals surface area contributed by atoms with E-state index in [4.69, 9.17) is 23.2 Å². The molecule has 0 aliphatic carbocycles. The molecule has 0 aliphatic heterocycles. The summed E-state index contributed by atoms with van der Waals surface area (Å²) in [5.41, 5.74) is 0.569. The number of hydrogen-bond donors (Lipinski definition) is 2. The summed E-state index contributed by atoms with van der Waals surface area (Å²) in [6.07, 6.45) is -4.86. The highest BCUT2D eigenvalue weighted by atomic mass is 35.5. The number of rotatable bonds is 7. The number of sulfonamides is 1. The first-order chi connectivity index (χ1) is 12.5. The van der Waals surface area contributed by atoms with Gasteiger partial charge in [0.05, 0.1) is 21.0 Å². The van der Waals surface area contributed by atoms with Gasteiger partial charge in [-0.15, -0.1) is 13.2 Å². The smallest absolute Gasteiger partial charge is 0.406 e. The molecule has 2 aromatic rings. The first-order valence-electron chi connectivity index (χ1n) is 7.49. The predicted octanol–water partition coefficient (Wildman–Crippen LogP) is 4.13. The van der Waals surface area contributed by atoms with E-state index in [1.54, 1.807) is 19.2 Å². The number of benzene rings is 2. The Labute approximate surface area is 164 Å². The van der Waals surface area contributed by atoms with E-state index in [9.17, 15) is 21.6 Å². The first kappa shape index (κ1) is 21.8. The van der Waals surface area contributed by atoms with Crippen LogP contribution in [0.25, 0.3) is 0 Å². The molecule has 0 aliphatic rings. The van der Waals surface area contributed by atoms with Crippen LogP contribution >= 0.6 is 23.2 Å². The SMILES string of the molecule is CNC[C@@H](NS(=O)(=O)c1ccc(OC(F)(F)F)cc1)c1ccc(Cl)c(Cl)c1. The lowest BCUT2D eigenvalue weighted by molar-refractivity contribution is -0.274. The van der Waals surface area contributed by atoms with Crippen LogP contribution in [0.4, 0.5) is 13.2 Å². The molecule has 0 unspecified atom stereocenters. The first-order valence-corrected chi connectivity index (χ1v) is 9.73. The van der Waals surface area contributed by atoms with Crippen molar-refractivity contribution in [2.75, 3.05) is 13.6 Å². The monoisotopic (exact) mass is 442 g/mol. The Bertz CT molecular complexity index is 891. The molecule has 0 bridgehead atoms. The van der Waals surface area contributed by atoms with E-state index in [0.29, 0.717) is 10.6 Å². The minimum absolute atomic E-state index is 0.210. The van der Waals surface area contributed by atoms with E-state index in [1.807, 2.05) is 0 Å². The molecule has 2 rings (SSSR count). The normalized spacial score (nSPS) is 13.4. The average Bonchev–Trinajstić information content (AvgIpc) is 2.56. The molecule has 0 heterocycles. The number of halogens is 5. The highest BCUT2D eigenvalue weighted by molar-refractivity contribution is 7.89. The summed E-state index contributed by atoms with van der Waals surface area (Å²) in [6.45, 7) is 0.243. The molecule has 0 radical (unpaired) electrons. The Kier molecular flexibility index (Phi) is 6.98. The van der Waals surface area contributed by atoms with Crippen LogP contribution < -0.4 is 14.8 Å². The summed E-state index contributed by atoms with van der Waals surface area (Å²) >= 11 is 11.9. The second kappa shape index (κ2) is 8.66. The summed E-state index contributed by atoms with van der Waals surface area (Å²) in [4.78, 5) is -0.210. The van der Waals surface area contributed by atoms with Crippen molar-refractivity contribution in [1.82, 2.24) is 10.0 Å². The second-order valence-electron chi connectivity index (χ2n) is 5.42. The molecule has 0 saturated carbocycles. The van der Waals surface area contributed by atoms with Crippen molar-refractivity contribution in [3.63, 3.8) is 0 Å². The number of ether oxygens (including phenoxy) is 1. The van der Waals surface area contributed by atoms with Crippen LogP contribution in [0.5, 0.6) is 5.75 Å². The summed E-state index contributed by atoms with van der Waals surface area (Å²) in [5, 5.41) is 3.45. The van der Waals surface area contributed by atoms with Crippen molar-refractivity contribution in [2.45, 2.75) is 17.3 Å². The van der Waals surface area contributed by atoms with Crippen molar-refractivity contribution in [3.05, 3.63) is 58.1 Å². The third-order valence-electron chi connectivity index (χ3n) is 3.42. The fraction of sp³-hybridized carbons (Fsp3) is 0.250. The van der Waals surface area contributed by atoms with Crippen LogP contribution in [0, 0.1) is 0 Å². The van der Waals surface area contributed by atoms with E-state index in [-0.39, 0.29) is 16.5 Å². The maximum absolute atomic E-state index is 12.6. The molecule has 2 N–H and O–H groups in total. The zero-order valence-electron chi connectivity index (χ0n) is 13.8. The van der Waals surface area contributed by atoms with Gasteiger partial charge in [-0.3, -0.25) is 0 Å². The average molecular weight is 443 g/mol. The quantitative estimate of drug-likeness (QED) is 0.676. The molecule has 0 fully saturated rings. The molecule has 5 nitrogen and oxygen atoms in total. The van der Waals surface area contributed by atoms with Gasteiger partial charge in [-0.05, 0) is 49.0 Å². The molecule has 0 saturated heterocycles. The Balaban J connectivity index is 2.24. The van der Waals surface area contributed by atoms with E-state index in [0.717, 1.165) is 24.3 Å². The van der Waals surface area contributed by atoms with Crippen molar-refractivity contribution in [2.24, 2.45) is 0 Å². The third kappa shape index (κ3) is 6.25. The van der Waals surface area contributed by atoms with Gasteiger partial charge in [-0.1, -0.05) is 29.3 Å². The molecule has 0 aromatic heterocycles. The highest BCUT2D eigenvalue weighted by Crippen LogP contribution is 2.27. The minimum atomic E-state index is -4.86. The van der Waals surface area contributed by atoms with Crippen LogP contribution in [-0.4, -0.2) is 28.4 Å². The van der Waals surface area contributed by atoms with Gasteiger partial charge >= 0.3 is 6.36 Å². The van der Waals surface area contributed by atoms with Crippen molar-refractivity contribution in [1.29, 1.82) is 0 Å². The Hall–Kier alpha value is -1.52. The van der Waals surface area contributed by atoms with Crippen molar-refractivity contribution >= 4 is 33.2 Å². The van der Waals surface area contributed by atoms with Crippen molar-refractivity contribution in [3.8, 4) is 5.75 Å². The molecule has 0 amide bonds. The summed E-state index contributed by atoms with van der Waals surface area (Å²) in [5.74, 6) is -0.516. The second-order valence-corrected chi connectivity index (χ2v) is 7.95. The van der Waals surface area contributed by atoms with Gasteiger partial charge in [-0.2, -0.15) is 0 Å². The standard InChI is InChI=1S/C16H15Cl2F3N2O3S/c1-22-9-15(10-2-7-13(17)14(18)8-10)23-27(24,25)12-5-3-11(4-6-12)26-16(19,20)21/h2-8,15,22-23H,9H2,1H3/t15-/m1/s1. The minimum Gasteiger partial charge on any atom is -0.406 e.